The quantitative estimate of drug-likeness (QED) is 0.845. The molecule has 1 amide bonds. The van der Waals surface area contributed by atoms with Gasteiger partial charge in [-0.1, -0.05) is 6.92 Å². The lowest BCUT2D eigenvalue weighted by molar-refractivity contribution is -0.117. The van der Waals surface area contributed by atoms with E-state index in [1.807, 2.05) is 13.0 Å². The second-order valence-electron chi connectivity index (χ2n) is 5.63. The standard InChI is InChI=1S/C16H25N3O2/c1-3-21-16-14(7-5-9-18-16)19-15(20)10-12(2)13-6-4-8-17-11-13/h5,7,9,12-13,17H,3-4,6,8,10-11H2,1-2H3,(H,19,20). The molecule has 1 aliphatic heterocycles. The largest absolute Gasteiger partial charge is 0.476 e. The topological polar surface area (TPSA) is 63.2 Å². The summed E-state index contributed by atoms with van der Waals surface area (Å²) in [5, 5.41) is 6.32. The summed E-state index contributed by atoms with van der Waals surface area (Å²) in [6.07, 6.45) is 4.61. The third-order valence-electron chi connectivity index (χ3n) is 3.97. The molecule has 2 atom stereocenters. The summed E-state index contributed by atoms with van der Waals surface area (Å²) in [5.41, 5.74) is 0.651. The van der Waals surface area contributed by atoms with Crippen LogP contribution in [-0.4, -0.2) is 30.6 Å². The summed E-state index contributed by atoms with van der Waals surface area (Å²) in [6.45, 7) is 6.71. The summed E-state index contributed by atoms with van der Waals surface area (Å²) in [4.78, 5) is 16.4. The molecule has 5 heteroatoms. The molecule has 2 N–H and O–H groups in total. The van der Waals surface area contributed by atoms with Crippen molar-refractivity contribution in [2.75, 3.05) is 25.0 Å². The minimum Gasteiger partial charge on any atom is -0.476 e. The summed E-state index contributed by atoms with van der Waals surface area (Å²) < 4.78 is 5.42. The van der Waals surface area contributed by atoms with Crippen molar-refractivity contribution in [1.29, 1.82) is 0 Å². The Balaban J connectivity index is 1.89. The molecule has 116 valence electrons. The number of hydrogen-bond acceptors (Lipinski definition) is 4. The molecule has 1 saturated heterocycles. The minimum atomic E-state index is 0.0297. The van der Waals surface area contributed by atoms with E-state index in [4.69, 9.17) is 4.74 Å². The number of carbonyl (C=O) groups excluding carboxylic acids is 1. The molecule has 0 radical (unpaired) electrons. The van der Waals surface area contributed by atoms with Crippen LogP contribution in [0.1, 0.15) is 33.1 Å². The Labute approximate surface area is 126 Å². The third kappa shape index (κ3) is 4.70. The minimum absolute atomic E-state index is 0.0297. The fourth-order valence-electron chi connectivity index (χ4n) is 2.76. The van der Waals surface area contributed by atoms with Crippen molar-refractivity contribution in [3.8, 4) is 5.88 Å². The van der Waals surface area contributed by atoms with Gasteiger partial charge in [0.25, 0.3) is 0 Å². The highest BCUT2D eigenvalue weighted by Gasteiger charge is 2.22. The number of amides is 1. The molecule has 5 nitrogen and oxygen atoms in total. The lowest BCUT2D eigenvalue weighted by Gasteiger charge is -2.28. The van der Waals surface area contributed by atoms with E-state index in [1.165, 1.54) is 12.8 Å². The molecular formula is C16H25N3O2. The molecular weight excluding hydrogens is 266 g/mol. The van der Waals surface area contributed by atoms with Gasteiger partial charge in [-0.2, -0.15) is 0 Å². The van der Waals surface area contributed by atoms with Gasteiger partial charge in [0.1, 0.15) is 5.69 Å². The van der Waals surface area contributed by atoms with Crippen LogP contribution in [0.15, 0.2) is 18.3 Å². The first kappa shape index (κ1) is 15.8. The van der Waals surface area contributed by atoms with E-state index in [-0.39, 0.29) is 5.91 Å². The average Bonchev–Trinajstić information content (AvgIpc) is 2.50. The zero-order chi connectivity index (χ0) is 15.1. The molecule has 2 heterocycles. The Morgan fingerprint density at radius 1 is 1.62 bits per heavy atom. The highest BCUT2D eigenvalue weighted by atomic mass is 16.5. The van der Waals surface area contributed by atoms with Crippen LogP contribution in [0, 0.1) is 11.8 Å². The summed E-state index contributed by atoms with van der Waals surface area (Å²) in [5.74, 6) is 1.48. The first-order chi connectivity index (χ1) is 10.2. The molecule has 2 unspecified atom stereocenters. The van der Waals surface area contributed by atoms with Gasteiger partial charge in [-0.25, -0.2) is 4.98 Å². The number of nitrogens with one attached hydrogen (secondary N) is 2. The Hall–Kier alpha value is -1.62. The number of hydrogen-bond donors (Lipinski definition) is 2. The molecule has 0 aromatic carbocycles. The molecule has 21 heavy (non-hydrogen) atoms. The van der Waals surface area contributed by atoms with Gasteiger partial charge in [-0.15, -0.1) is 0 Å². The van der Waals surface area contributed by atoms with Gasteiger partial charge in [-0.05, 0) is 56.8 Å². The molecule has 2 rings (SSSR count). The summed E-state index contributed by atoms with van der Waals surface area (Å²) >= 11 is 0. The van der Waals surface area contributed by atoms with Gasteiger partial charge in [0.15, 0.2) is 0 Å². The maximum absolute atomic E-state index is 12.2. The first-order valence-electron chi connectivity index (χ1n) is 7.79. The van der Waals surface area contributed by atoms with Crippen LogP contribution in [0.3, 0.4) is 0 Å². The number of pyridine rings is 1. The van der Waals surface area contributed by atoms with E-state index >= 15 is 0 Å². The number of nitrogens with zero attached hydrogens (tertiary/aromatic N) is 1. The van der Waals surface area contributed by atoms with Gasteiger partial charge in [0, 0.05) is 12.6 Å². The maximum Gasteiger partial charge on any atom is 0.237 e. The zero-order valence-corrected chi connectivity index (χ0v) is 12.9. The number of carbonyl (C=O) groups is 1. The van der Waals surface area contributed by atoms with Crippen molar-refractivity contribution < 1.29 is 9.53 Å². The van der Waals surface area contributed by atoms with Gasteiger partial charge in [0.05, 0.1) is 6.61 Å². The second kappa shape index (κ2) is 7.98. The van der Waals surface area contributed by atoms with Crippen molar-refractivity contribution >= 4 is 11.6 Å². The van der Waals surface area contributed by atoms with E-state index in [0.717, 1.165) is 13.1 Å². The highest BCUT2D eigenvalue weighted by Crippen LogP contribution is 2.25. The number of aromatic nitrogens is 1. The molecule has 1 aromatic rings. The zero-order valence-electron chi connectivity index (χ0n) is 12.9. The number of rotatable bonds is 6. The maximum atomic E-state index is 12.2. The normalized spacial score (nSPS) is 19.8. The molecule has 1 fully saturated rings. The third-order valence-corrected chi connectivity index (χ3v) is 3.97. The Morgan fingerprint density at radius 3 is 3.19 bits per heavy atom. The summed E-state index contributed by atoms with van der Waals surface area (Å²) in [7, 11) is 0. The highest BCUT2D eigenvalue weighted by molar-refractivity contribution is 5.92. The van der Waals surface area contributed by atoms with Crippen LogP contribution in [-0.2, 0) is 4.79 Å². The fourth-order valence-corrected chi connectivity index (χ4v) is 2.76. The van der Waals surface area contributed by atoms with Crippen molar-refractivity contribution in [2.45, 2.75) is 33.1 Å². The number of piperidine rings is 1. The van der Waals surface area contributed by atoms with Crippen molar-refractivity contribution in [2.24, 2.45) is 11.8 Å². The van der Waals surface area contributed by atoms with Crippen molar-refractivity contribution in [1.82, 2.24) is 10.3 Å². The molecule has 0 aliphatic carbocycles. The van der Waals surface area contributed by atoms with E-state index in [9.17, 15) is 4.79 Å². The van der Waals surface area contributed by atoms with E-state index in [0.29, 0.717) is 36.4 Å². The lowest BCUT2D eigenvalue weighted by Crippen LogP contribution is -2.34. The van der Waals surface area contributed by atoms with Crippen LogP contribution < -0.4 is 15.4 Å². The monoisotopic (exact) mass is 291 g/mol. The average molecular weight is 291 g/mol. The van der Waals surface area contributed by atoms with Crippen LogP contribution >= 0.6 is 0 Å². The molecule has 1 aromatic heterocycles. The van der Waals surface area contributed by atoms with Crippen LogP contribution in [0.25, 0.3) is 0 Å². The van der Waals surface area contributed by atoms with E-state index in [1.54, 1.807) is 12.3 Å². The van der Waals surface area contributed by atoms with E-state index < -0.39 is 0 Å². The predicted molar refractivity (Wildman–Crippen MR) is 83.4 cm³/mol. The fraction of sp³-hybridized carbons (Fsp3) is 0.625. The lowest BCUT2D eigenvalue weighted by atomic mass is 9.85. The van der Waals surface area contributed by atoms with Crippen LogP contribution in [0.2, 0.25) is 0 Å². The van der Waals surface area contributed by atoms with Gasteiger partial charge < -0.3 is 15.4 Å². The summed E-state index contributed by atoms with van der Waals surface area (Å²) in [6, 6.07) is 3.62. The van der Waals surface area contributed by atoms with Gasteiger partial charge in [-0.3, -0.25) is 4.79 Å². The van der Waals surface area contributed by atoms with Crippen molar-refractivity contribution in [3.05, 3.63) is 18.3 Å². The first-order valence-corrected chi connectivity index (χ1v) is 7.79. The molecule has 1 aliphatic rings. The number of anilines is 1. The Kier molecular flexibility index (Phi) is 5.99. The smallest absolute Gasteiger partial charge is 0.237 e. The molecule has 0 saturated carbocycles. The van der Waals surface area contributed by atoms with Crippen LogP contribution in [0.4, 0.5) is 5.69 Å². The number of ether oxygens (including phenoxy) is 1. The Bertz CT molecular complexity index is 459. The van der Waals surface area contributed by atoms with Gasteiger partial charge in [0.2, 0.25) is 11.8 Å². The second-order valence-corrected chi connectivity index (χ2v) is 5.63. The SMILES string of the molecule is CCOc1ncccc1NC(=O)CC(C)C1CCCNC1. The predicted octanol–water partition coefficient (Wildman–Crippen LogP) is 2.44. The van der Waals surface area contributed by atoms with Crippen LogP contribution in [0.5, 0.6) is 5.88 Å². The molecule has 0 spiro atoms. The van der Waals surface area contributed by atoms with E-state index in [2.05, 4.69) is 22.5 Å². The van der Waals surface area contributed by atoms with Crippen molar-refractivity contribution in [3.63, 3.8) is 0 Å². The Morgan fingerprint density at radius 2 is 2.48 bits per heavy atom. The molecule has 0 bridgehead atoms. The van der Waals surface area contributed by atoms with Gasteiger partial charge >= 0.3 is 0 Å².